The first kappa shape index (κ1) is 17.6. The molecule has 2 rings (SSSR count). The Balaban J connectivity index is 2.00. The molecule has 0 aliphatic rings. The third-order valence-corrected chi connectivity index (χ3v) is 3.54. The van der Waals surface area contributed by atoms with Crippen LogP contribution in [0.15, 0.2) is 61.2 Å². The first-order chi connectivity index (χ1) is 11.4. The highest BCUT2D eigenvalue weighted by Gasteiger charge is 2.07. The standard InChI is InChI=1S/C17H18N2O4S/c1-3-12-23-16-10-8-14(9-11-16)18-17(20)13-4-6-15(7-5-13)19-24(2,21)22/h3-11,19H,1,12H2,2H3,(H,18,20). The highest BCUT2D eigenvalue weighted by atomic mass is 32.2. The molecule has 2 aromatic rings. The zero-order valence-corrected chi connectivity index (χ0v) is 14.0. The van der Waals surface area contributed by atoms with Crippen LogP contribution in [-0.2, 0) is 10.0 Å². The highest BCUT2D eigenvalue weighted by molar-refractivity contribution is 7.92. The van der Waals surface area contributed by atoms with Crippen molar-refractivity contribution in [2.24, 2.45) is 0 Å². The molecule has 0 aromatic heterocycles. The van der Waals surface area contributed by atoms with Crippen LogP contribution in [0, 0.1) is 0 Å². The molecule has 0 radical (unpaired) electrons. The Bertz CT molecular complexity index is 813. The Labute approximate surface area is 141 Å². The lowest BCUT2D eigenvalue weighted by molar-refractivity contribution is 0.102. The zero-order chi connectivity index (χ0) is 17.6. The fourth-order valence-corrected chi connectivity index (χ4v) is 2.46. The van der Waals surface area contributed by atoms with Gasteiger partial charge in [0.2, 0.25) is 10.0 Å². The van der Waals surface area contributed by atoms with Crippen LogP contribution in [0.4, 0.5) is 11.4 Å². The minimum atomic E-state index is -3.34. The number of ether oxygens (including phenoxy) is 1. The number of anilines is 2. The number of carbonyl (C=O) groups is 1. The number of hydrogen-bond donors (Lipinski definition) is 2. The van der Waals surface area contributed by atoms with Gasteiger partial charge in [0.1, 0.15) is 12.4 Å². The fourth-order valence-electron chi connectivity index (χ4n) is 1.90. The number of amides is 1. The minimum absolute atomic E-state index is 0.291. The summed E-state index contributed by atoms with van der Waals surface area (Å²) in [4.78, 5) is 12.2. The molecule has 1 amide bonds. The molecule has 0 fully saturated rings. The van der Waals surface area contributed by atoms with Crippen molar-refractivity contribution in [1.29, 1.82) is 0 Å². The van der Waals surface area contributed by atoms with Crippen molar-refractivity contribution < 1.29 is 17.9 Å². The van der Waals surface area contributed by atoms with E-state index >= 15 is 0 Å². The van der Waals surface area contributed by atoms with E-state index in [0.717, 1.165) is 6.26 Å². The van der Waals surface area contributed by atoms with Gasteiger partial charge in [0.15, 0.2) is 0 Å². The van der Waals surface area contributed by atoms with Crippen LogP contribution in [0.5, 0.6) is 5.75 Å². The van der Waals surface area contributed by atoms with E-state index in [2.05, 4.69) is 16.6 Å². The summed E-state index contributed by atoms with van der Waals surface area (Å²) in [5.41, 5.74) is 1.45. The maximum atomic E-state index is 12.2. The molecular formula is C17H18N2O4S. The van der Waals surface area contributed by atoms with Crippen molar-refractivity contribution in [2.75, 3.05) is 22.9 Å². The van der Waals surface area contributed by atoms with Gasteiger partial charge < -0.3 is 10.1 Å². The first-order valence-electron chi connectivity index (χ1n) is 7.10. The predicted octanol–water partition coefficient (Wildman–Crippen LogP) is 2.88. The van der Waals surface area contributed by atoms with Crippen molar-refractivity contribution >= 4 is 27.3 Å². The number of benzene rings is 2. The molecule has 0 aliphatic carbocycles. The lowest BCUT2D eigenvalue weighted by atomic mass is 10.2. The summed E-state index contributed by atoms with van der Waals surface area (Å²) in [5.74, 6) is 0.393. The van der Waals surface area contributed by atoms with Crippen LogP contribution >= 0.6 is 0 Å². The van der Waals surface area contributed by atoms with E-state index < -0.39 is 10.0 Å². The molecule has 0 saturated carbocycles. The zero-order valence-electron chi connectivity index (χ0n) is 13.2. The van der Waals surface area contributed by atoms with Gasteiger partial charge in [0, 0.05) is 16.9 Å². The molecule has 2 aromatic carbocycles. The van der Waals surface area contributed by atoms with Crippen molar-refractivity contribution in [3.63, 3.8) is 0 Å². The van der Waals surface area contributed by atoms with Crippen molar-refractivity contribution in [1.82, 2.24) is 0 Å². The maximum absolute atomic E-state index is 12.2. The van der Waals surface area contributed by atoms with Gasteiger partial charge in [-0.05, 0) is 48.5 Å². The average Bonchev–Trinajstić information content (AvgIpc) is 2.53. The molecule has 2 N–H and O–H groups in total. The summed E-state index contributed by atoms with van der Waals surface area (Å²) in [5, 5.41) is 2.76. The van der Waals surface area contributed by atoms with Crippen LogP contribution in [0.2, 0.25) is 0 Å². The van der Waals surface area contributed by atoms with Gasteiger partial charge >= 0.3 is 0 Å². The second-order valence-corrected chi connectivity index (χ2v) is 6.78. The van der Waals surface area contributed by atoms with Gasteiger partial charge in [-0.3, -0.25) is 9.52 Å². The summed E-state index contributed by atoms with van der Waals surface area (Å²) in [7, 11) is -3.34. The SMILES string of the molecule is C=CCOc1ccc(NC(=O)c2ccc(NS(C)(=O)=O)cc2)cc1. The van der Waals surface area contributed by atoms with Crippen molar-refractivity contribution in [3.05, 3.63) is 66.7 Å². The second kappa shape index (κ2) is 7.65. The van der Waals surface area contributed by atoms with Gasteiger partial charge in [-0.15, -0.1) is 0 Å². The van der Waals surface area contributed by atoms with Crippen LogP contribution in [-0.4, -0.2) is 27.2 Å². The summed E-state index contributed by atoms with van der Waals surface area (Å²) in [6.07, 6.45) is 2.72. The van der Waals surface area contributed by atoms with E-state index in [4.69, 9.17) is 4.74 Å². The third-order valence-electron chi connectivity index (χ3n) is 2.93. The van der Waals surface area contributed by atoms with E-state index in [1.54, 1.807) is 42.5 Å². The van der Waals surface area contributed by atoms with Crippen molar-refractivity contribution in [2.45, 2.75) is 0 Å². The Morgan fingerprint density at radius 1 is 1.08 bits per heavy atom. The van der Waals surface area contributed by atoms with Crippen LogP contribution in [0.1, 0.15) is 10.4 Å². The lowest BCUT2D eigenvalue weighted by Gasteiger charge is -2.08. The molecule has 0 saturated heterocycles. The van der Waals surface area contributed by atoms with Gasteiger partial charge in [0.25, 0.3) is 5.91 Å². The van der Waals surface area contributed by atoms with Crippen LogP contribution in [0.3, 0.4) is 0 Å². The smallest absolute Gasteiger partial charge is 0.255 e. The van der Waals surface area contributed by atoms with Crippen LogP contribution in [0.25, 0.3) is 0 Å². The lowest BCUT2D eigenvalue weighted by Crippen LogP contribution is -2.13. The fraction of sp³-hybridized carbons (Fsp3) is 0.118. The topological polar surface area (TPSA) is 84.5 Å². The van der Waals surface area contributed by atoms with Gasteiger partial charge in [-0.25, -0.2) is 8.42 Å². The number of carbonyl (C=O) groups excluding carboxylic acids is 1. The molecule has 6 nitrogen and oxygen atoms in total. The number of nitrogens with one attached hydrogen (secondary N) is 2. The molecule has 0 heterocycles. The third kappa shape index (κ3) is 5.44. The monoisotopic (exact) mass is 346 g/mol. The molecule has 0 bridgehead atoms. The summed E-state index contributed by atoms with van der Waals surface area (Å²) < 4.78 is 30.0. The van der Waals surface area contributed by atoms with Gasteiger partial charge in [0.05, 0.1) is 6.26 Å². The molecular weight excluding hydrogens is 328 g/mol. The average molecular weight is 346 g/mol. The predicted molar refractivity (Wildman–Crippen MR) is 95.0 cm³/mol. The van der Waals surface area contributed by atoms with Crippen LogP contribution < -0.4 is 14.8 Å². The van der Waals surface area contributed by atoms with Gasteiger partial charge in [-0.1, -0.05) is 12.7 Å². The van der Waals surface area contributed by atoms with E-state index in [1.165, 1.54) is 12.1 Å². The Morgan fingerprint density at radius 3 is 2.21 bits per heavy atom. The first-order valence-corrected chi connectivity index (χ1v) is 8.99. The Kier molecular flexibility index (Phi) is 5.59. The second-order valence-electron chi connectivity index (χ2n) is 5.03. The molecule has 126 valence electrons. The van der Waals surface area contributed by atoms with E-state index in [1.807, 2.05) is 0 Å². The molecule has 7 heteroatoms. The number of hydrogen-bond acceptors (Lipinski definition) is 4. The van der Waals surface area contributed by atoms with E-state index in [-0.39, 0.29) is 5.91 Å². The Hall–Kier alpha value is -2.80. The van der Waals surface area contributed by atoms with Crippen molar-refractivity contribution in [3.8, 4) is 5.75 Å². The number of rotatable bonds is 7. The summed E-state index contributed by atoms with van der Waals surface area (Å²) in [6, 6.07) is 13.1. The normalized spacial score (nSPS) is 10.7. The van der Waals surface area contributed by atoms with E-state index in [0.29, 0.717) is 29.3 Å². The molecule has 0 unspecified atom stereocenters. The molecule has 0 spiro atoms. The largest absolute Gasteiger partial charge is 0.490 e. The quantitative estimate of drug-likeness (QED) is 0.755. The summed E-state index contributed by atoms with van der Waals surface area (Å²) in [6.45, 7) is 3.99. The molecule has 24 heavy (non-hydrogen) atoms. The molecule has 0 atom stereocenters. The maximum Gasteiger partial charge on any atom is 0.255 e. The highest BCUT2D eigenvalue weighted by Crippen LogP contribution is 2.17. The van der Waals surface area contributed by atoms with E-state index in [9.17, 15) is 13.2 Å². The number of sulfonamides is 1. The summed E-state index contributed by atoms with van der Waals surface area (Å²) >= 11 is 0. The minimum Gasteiger partial charge on any atom is -0.490 e. The molecule has 0 aliphatic heterocycles. The Morgan fingerprint density at radius 2 is 1.67 bits per heavy atom. The van der Waals surface area contributed by atoms with Gasteiger partial charge in [-0.2, -0.15) is 0 Å².